The summed E-state index contributed by atoms with van der Waals surface area (Å²) < 4.78 is 5.14. The third-order valence-corrected chi connectivity index (χ3v) is 1.82. The Morgan fingerprint density at radius 1 is 1.46 bits per heavy atom. The van der Waals surface area contributed by atoms with Gasteiger partial charge in [0.15, 0.2) is 12.0 Å². The Kier molecular flexibility index (Phi) is 1.60. The van der Waals surface area contributed by atoms with E-state index in [9.17, 15) is 4.79 Å². The lowest BCUT2D eigenvalue weighted by Crippen LogP contribution is -1.72. The predicted octanol–water partition coefficient (Wildman–Crippen LogP) is 2.12. The van der Waals surface area contributed by atoms with Crippen LogP contribution in [0.25, 0.3) is 11.0 Å². The van der Waals surface area contributed by atoms with Gasteiger partial charge in [0, 0.05) is 5.39 Å². The second-order valence-electron chi connectivity index (χ2n) is 2.60. The molecule has 0 N–H and O–H groups in total. The minimum absolute atomic E-state index is 0.248. The van der Waals surface area contributed by atoms with Crippen LogP contribution in [0.5, 0.6) is 0 Å². The van der Waals surface area contributed by atoms with Crippen molar-refractivity contribution < 1.29 is 9.21 Å². The van der Waals surface area contributed by atoms with E-state index in [1.54, 1.807) is 24.3 Å². The normalized spacial score (nSPS) is 9.77. The Morgan fingerprint density at radius 2 is 2.31 bits per heavy atom. The van der Waals surface area contributed by atoms with Crippen molar-refractivity contribution in [1.29, 1.82) is 5.26 Å². The first-order valence-corrected chi connectivity index (χ1v) is 3.73. The van der Waals surface area contributed by atoms with Crippen LogP contribution in [0.2, 0.25) is 0 Å². The monoisotopic (exact) mass is 171 g/mol. The number of rotatable bonds is 1. The Labute approximate surface area is 74.2 Å². The summed E-state index contributed by atoms with van der Waals surface area (Å²) in [5.41, 5.74) is 1.09. The lowest BCUT2D eigenvalue weighted by atomic mass is 10.1. The lowest BCUT2D eigenvalue weighted by Gasteiger charge is -1.88. The summed E-state index contributed by atoms with van der Waals surface area (Å²) in [5, 5.41) is 9.42. The van der Waals surface area contributed by atoms with Gasteiger partial charge in [0.1, 0.15) is 5.58 Å². The van der Waals surface area contributed by atoms with E-state index in [1.807, 2.05) is 6.07 Å². The van der Waals surface area contributed by atoms with Gasteiger partial charge in [-0.15, -0.1) is 0 Å². The van der Waals surface area contributed by atoms with Crippen molar-refractivity contribution in [3.05, 3.63) is 35.6 Å². The fourth-order valence-electron chi connectivity index (χ4n) is 1.24. The van der Waals surface area contributed by atoms with Gasteiger partial charge >= 0.3 is 0 Å². The molecule has 0 saturated heterocycles. The number of furan rings is 1. The topological polar surface area (TPSA) is 54.0 Å². The van der Waals surface area contributed by atoms with Crippen LogP contribution in [0, 0.1) is 11.3 Å². The van der Waals surface area contributed by atoms with Gasteiger partial charge < -0.3 is 4.42 Å². The smallest absolute Gasteiger partial charge is 0.185 e. The van der Waals surface area contributed by atoms with Crippen LogP contribution in [-0.4, -0.2) is 6.29 Å². The maximum atomic E-state index is 10.4. The van der Waals surface area contributed by atoms with E-state index in [4.69, 9.17) is 9.68 Å². The number of carbonyl (C=O) groups excluding carboxylic acids is 1. The van der Waals surface area contributed by atoms with E-state index in [0.29, 0.717) is 22.8 Å². The highest BCUT2D eigenvalue weighted by Gasteiger charge is 2.05. The van der Waals surface area contributed by atoms with Crippen LogP contribution < -0.4 is 0 Å². The third-order valence-electron chi connectivity index (χ3n) is 1.82. The van der Waals surface area contributed by atoms with Crippen LogP contribution >= 0.6 is 0 Å². The standard InChI is InChI=1S/C10H5NO2/c11-5-7-2-1-3-10-9(7)4-8(6-12)13-10/h1-4,6H. The summed E-state index contributed by atoms with van der Waals surface area (Å²) in [5.74, 6) is 0.248. The summed E-state index contributed by atoms with van der Waals surface area (Å²) in [4.78, 5) is 10.4. The summed E-state index contributed by atoms with van der Waals surface area (Å²) in [7, 11) is 0. The van der Waals surface area contributed by atoms with E-state index in [1.165, 1.54) is 0 Å². The zero-order valence-corrected chi connectivity index (χ0v) is 6.65. The fourth-order valence-corrected chi connectivity index (χ4v) is 1.24. The highest BCUT2D eigenvalue weighted by Crippen LogP contribution is 2.21. The molecule has 2 aromatic rings. The van der Waals surface area contributed by atoms with Crippen molar-refractivity contribution in [1.82, 2.24) is 0 Å². The van der Waals surface area contributed by atoms with Crippen LogP contribution in [-0.2, 0) is 0 Å². The number of benzene rings is 1. The van der Waals surface area contributed by atoms with Crippen molar-refractivity contribution >= 4 is 17.3 Å². The Hall–Kier alpha value is -2.08. The predicted molar refractivity (Wildman–Crippen MR) is 46.3 cm³/mol. The summed E-state index contributed by atoms with van der Waals surface area (Å²) in [6.07, 6.45) is 0.626. The van der Waals surface area contributed by atoms with E-state index in [0.717, 1.165) is 0 Å². The van der Waals surface area contributed by atoms with Crippen molar-refractivity contribution in [2.75, 3.05) is 0 Å². The van der Waals surface area contributed by atoms with E-state index in [-0.39, 0.29) is 5.76 Å². The zero-order valence-electron chi connectivity index (χ0n) is 6.65. The first-order valence-electron chi connectivity index (χ1n) is 3.73. The number of nitriles is 1. The minimum atomic E-state index is 0.248. The van der Waals surface area contributed by atoms with Gasteiger partial charge in [0.05, 0.1) is 11.6 Å². The summed E-state index contributed by atoms with van der Waals surface area (Å²) in [6, 6.07) is 8.74. The number of hydrogen-bond donors (Lipinski definition) is 0. The van der Waals surface area contributed by atoms with Crippen LogP contribution in [0.1, 0.15) is 16.1 Å². The molecule has 3 nitrogen and oxygen atoms in total. The molecule has 0 aliphatic carbocycles. The van der Waals surface area contributed by atoms with E-state index < -0.39 is 0 Å². The lowest BCUT2D eigenvalue weighted by molar-refractivity contribution is 0.110. The molecule has 0 saturated carbocycles. The number of hydrogen-bond acceptors (Lipinski definition) is 3. The van der Waals surface area contributed by atoms with E-state index >= 15 is 0 Å². The van der Waals surface area contributed by atoms with Crippen LogP contribution in [0.4, 0.5) is 0 Å². The molecule has 0 unspecified atom stereocenters. The molecule has 0 bridgehead atoms. The molecule has 0 radical (unpaired) electrons. The number of aldehydes is 1. The molecule has 1 aromatic carbocycles. The van der Waals surface area contributed by atoms with Gasteiger partial charge in [-0.05, 0) is 18.2 Å². The molecule has 0 aliphatic rings. The van der Waals surface area contributed by atoms with Crippen molar-refractivity contribution in [2.45, 2.75) is 0 Å². The van der Waals surface area contributed by atoms with Gasteiger partial charge in [-0.3, -0.25) is 4.79 Å². The number of nitrogens with zero attached hydrogens (tertiary/aromatic N) is 1. The fraction of sp³-hybridized carbons (Fsp3) is 0. The van der Waals surface area contributed by atoms with Gasteiger partial charge in [0.2, 0.25) is 0 Å². The molecule has 0 amide bonds. The molecular weight excluding hydrogens is 166 g/mol. The van der Waals surface area contributed by atoms with E-state index in [2.05, 4.69) is 0 Å². The molecule has 0 atom stereocenters. The van der Waals surface area contributed by atoms with Crippen LogP contribution in [0.3, 0.4) is 0 Å². The first kappa shape index (κ1) is 7.56. The van der Waals surface area contributed by atoms with Gasteiger partial charge in [-0.25, -0.2) is 0 Å². The molecular formula is C10H5NO2. The SMILES string of the molecule is N#Cc1cccc2oc(C=O)cc12. The Bertz CT molecular complexity index is 505. The minimum Gasteiger partial charge on any atom is -0.453 e. The Morgan fingerprint density at radius 3 is 3.00 bits per heavy atom. The first-order chi connectivity index (χ1) is 6.35. The molecule has 2 rings (SSSR count). The third kappa shape index (κ3) is 1.09. The maximum Gasteiger partial charge on any atom is 0.185 e. The van der Waals surface area contributed by atoms with Crippen LogP contribution in [0.15, 0.2) is 28.7 Å². The molecule has 3 heteroatoms. The van der Waals surface area contributed by atoms with Gasteiger partial charge in [0.25, 0.3) is 0 Å². The average molecular weight is 171 g/mol. The Balaban J connectivity index is 2.83. The number of carbonyl (C=O) groups is 1. The average Bonchev–Trinajstić information content (AvgIpc) is 2.59. The second kappa shape index (κ2) is 2.76. The molecule has 0 spiro atoms. The summed E-state index contributed by atoms with van der Waals surface area (Å²) in [6.45, 7) is 0. The van der Waals surface area contributed by atoms with Crippen molar-refractivity contribution in [3.8, 4) is 6.07 Å². The highest BCUT2D eigenvalue weighted by atomic mass is 16.3. The quantitative estimate of drug-likeness (QED) is 0.617. The van der Waals surface area contributed by atoms with Gasteiger partial charge in [-0.1, -0.05) is 6.07 Å². The number of fused-ring (bicyclic) bond motifs is 1. The molecule has 1 heterocycles. The second-order valence-corrected chi connectivity index (χ2v) is 2.60. The molecule has 0 fully saturated rings. The molecule has 13 heavy (non-hydrogen) atoms. The van der Waals surface area contributed by atoms with Crippen molar-refractivity contribution in [3.63, 3.8) is 0 Å². The van der Waals surface area contributed by atoms with Gasteiger partial charge in [-0.2, -0.15) is 5.26 Å². The zero-order chi connectivity index (χ0) is 9.26. The summed E-state index contributed by atoms with van der Waals surface area (Å²) >= 11 is 0. The highest BCUT2D eigenvalue weighted by molar-refractivity contribution is 5.89. The maximum absolute atomic E-state index is 10.4. The largest absolute Gasteiger partial charge is 0.453 e. The van der Waals surface area contributed by atoms with Crippen molar-refractivity contribution in [2.24, 2.45) is 0 Å². The molecule has 1 aromatic heterocycles. The molecule has 0 aliphatic heterocycles. The molecule has 62 valence electrons.